The van der Waals surface area contributed by atoms with Crippen molar-refractivity contribution in [1.82, 2.24) is 14.0 Å². The van der Waals surface area contributed by atoms with Gasteiger partial charge in [0.05, 0.1) is 18.8 Å². The average molecular weight is 411 g/mol. The fraction of sp³-hybridized carbons (Fsp3) is 0.522. The van der Waals surface area contributed by atoms with Gasteiger partial charge in [-0.25, -0.2) is 4.99 Å². The third-order valence-corrected chi connectivity index (χ3v) is 6.34. The van der Waals surface area contributed by atoms with E-state index in [9.17, 15) is 9.59 Å². The molecule has 7 heteroatoms. The maximum Gasteiger partial charge on any atom is 0.276 e. The molecule has 1 aromatic carbocycles. The minimum atomic E-state index is -0.124. The molecule has 30 heavy (non-hydrogen) atoms. The van der Waals surface area contributed by atoms with Crippen molar-refractivity contribution in [3.8, 4) is 5.75 Å². The van der Waals surface area contributed by atoms with Crippen LogP contribution < -0.4 is 21.3 Å². The van der Waals surface area contributed by atoms with E-state index >= 15 is 0 Å². The summed E-state index contributed by atoms with van der Waals surface area (Å²) in [5, 5.41) is 0.439. The number of ether oxygens (including phenoxy) is 1. The highest BCUT2D eigenvalue weighted by molar-refractivity contribution is 5.76. The number of imidazole rings is 1. The molecule has 7 nitrogen and oxygen atoms in total. The Morgan fingerprint density at radius 2 is 2.07 bits per heavy atom. The molecule has 0 atom stereocenters. The molecule has 0 bridgehead atoms. The van der Waals surface area contributed by atoms with Crippen LogP contribution in [-0.4, -0.2) is 39.6 Å². The van der Waals surface area contributed by atoms with Crippen LogP contribution in [0.3, 0.4) is 0 Å². The number of hydrogen-bond donors (Lipinski definition) is 0. The van der Waals surface area contributed by atoms with Gasteiger partial charge in [0.25, 0.3) is 5.56 Å². The monoisotopic (exact) mass is 410 g/mol. The molecule has 160 valence electrons. The molecule has 0 spiro atoms. The van der Waals surface area contributed by atoms with E-state index in [0.29, 0.717) is 43.0 Å². The first-order valence-electron chi connectivity index (χ1n) is 10.8. The predicted octanol–water partition coefficient (Wildman–Crippen LogP) is 1.86. The number of carbonyl (C=O) groups is 1. The van der Waals surface area contributed by atoms with Gasteiger partial charge in [0.1, 0.15) is 11.1 Å². The molecule has 4 rings (SSSR count). The van der Waals surface area contributed by atoms with E-state index in [1.807, 2.05) is 34.7 Å². The molecular weight excluding hydrogens is 380 g/mol. The molecule has 2 aliphatic rings. The summed E-state index contributed by atoms with van der Waals surface area (Å²) in [5.74, 6) is 0.962. The third-order valence-electron chi connectivity index (χ3n) is 6.34. The summed E-state index contributed by atoms with van der Waals surface area (Å²) in [6.45, 7) is 4.92. The van der Waals surface area contributed by atoms with Crippen LogP contribution in [0.1, 0.15) is 50.5 Å². The van der Waals surface area contributed by atoms with Crippen molar-refractivity contribution in [1.29, 1.82) is 0 Å². The SMILES string of the molecule is C=c1c(=O)n(C)c2n1Cc1cc(OCCCC(=O)N(C)C3CCCCC3)ccc1N=2. The number of fused-ring (bicyclic) bond motifs is 2. The van der Waals surface area contributed by atoms with Gasteiger partial charge in [-0.15, -0.1) is 0 Å². The van der Waals surface area contributed by atoms with Crippen LogP contribution >= 0.6 is 0 Å². The van der Waals surface area contributed by atoms with Gasteiger partial charge in [-0.1, -0.05) is 25.8 Å². The topological polar surface area (TPSA) is 68.8 Å². The van der Waals surface area contributed by atoms with Crippen molar-refractivity contribution in [2.45, 2.75) is 57.5 Å². The molecule has 1 fully saturated rings. The Kier molecular flexibility index (Phi) is 5.79. The van der Waals surface area contributed by atoms with Gasteiger partial charge in [-0.05, 0) is 37.5 Å². The summed E-state index contributed by atoms with van der Waals surface area (Å²) in [6.07, 6.45) is 7.20. The van der Waals surface area contributed by atoms with Crippen molar-refractivity contribution in [3.05, 3.63) is 45.1 Å². The van der Waals surface area contributed by atoms with E-state index in [2.05, 4.69) is 11.6 Å². The first kappa shape index (κ1) is 20.4. The molecule has 2 aromatic rings. The number of rotatable bonds is 6. The highest BCUT2D eigenvalue weighted by Gasteiger charge is 2.21. The molecule has 1 aromatic heterocycles. The van der Waals surface area contributed by atoms with Crippen molar-refractivity contribution in [3.63, 3.8) is 0 Å². The lowest BCUT2D eigenvalue weighted by molar-refractivity contribution is -0.132. The fourth-order valence-electron chi connectivity index (χ4n) is 4.43. The van der Waals surface area contributed by atoms with Crippen LogP contribution in [0.2, 0.25) is 0 Å². The summed E-state index contributed by atoms with van der Waals surface area (Å²) >= 11 is 0. The van der Waals surface area contributed by atoms with Crippen molar-refractivity contribution < 1.29 is 9.53 Å². The van der Waals surface area contributed by atoms with Crippen molar-refractivity contribution >= 4 is 18.2 Å². The first-order valence-corrected chi connectivity index (χ1v) is 10.8. The standard InChI is InChI=1S/C23H30N4O3/c1-16-22(29)26(3)23-24-20-12-11-19(14-17(20)15-27(16)23)30-13-7-10-21(28)25(2)18-8-5-4-6-9-18/h11-12,14,18H,1,4-10,13,15H2,2-3H3. The van der Waals surface area contributed by atoms with E-state index < -0.39 is 0 Å². The van der Waals surface area contributed by atoms with Crippen LogP contribution in [0.25, 0.3) is 6.58 Å². The summed E-state index contributed by atoms with van der Waals surface area (Å²) in [4.78, 5) is 31.1. The molecule has 1 aliphatic heterocycles. The molecule has 0 saturated heterocycles. The predicted molar refractivity (Wildman–Crippen MR) is 116 cm³/mol. The van der Waals surface area contributed by atoms with Gasteiger partial charge < -0.3 is 14.2 Å². The lowest BCUT2D eigenvalue weighted by Crippen LogP contribution is -2.38. The number of carbonyl (C=O) groups excluding carboxylic acids is 1. The van der Waals surface area contributed by atoms with Gasteiger partial charge in [0, 0.05) is 32.1 Å². The van der Waals surface area contributed by atoms with E-state index in [1.165, 1.54) is 23.8 Å². The van der Waals surface area contributed by atoms with Crippen molar-refractivity contribution in [2.75, 3.05) is 13.7 Å². The van der Waals surface area contributed by atoms with Crippen LogP contribution in [-0.2, 0) is 18.4 Å². The third kappa shape index (κ3) is 3.93. The number of aromatic nitrogens is 2. The van der Waals surface area contributed by atoms with E-state index in [4.69, 9.17) is 4.74 Å². The summed E-state index contributed by atoms with van der Waals surface area (Å²) in [7, 11) is 3.65. The smallest absolute Gasteiger partial charge is 0.276 e. The Bertz CT molecular complexity index is 1110. The van der Waals surface area contributed by atoms with E-state index in [-0.39, 0.29) is 11.5 Å². The minimum absolute atomic E-state index is 0.124. The maximum atomic E-state index is 12.4. The minimum Gasteiger partial charge on any atom is -0.494 e. The Labute approximate surface area is 176 Å². The molecule has 1 amide bonds. The number of benzene rings is 1. The zero-order valence-electron chi connectivity index (χ0n) is 17.9. The maximum absolute atomic E-state index is 12.4. The Morgan fingerprint density at radius 3 is 2.83 bits per heavy atom. The van der Waals surface area contributed by atoms with E-state index in [0.717, 1.165) is 29.8 Å². The van der Waals surface area contributed by atoms with Crippen LogP contribution in [0.5, 0.6) is 5.75 Å². The molecule has 0 N–H and O–H groups in total. The molecule has 1 saturated carbocycles. The Balaban J connectivity index is 1.33. The highest BCUT2D eigenvalue weighted by atomic mass is 16.5. The normalized spacial score (nSPS) is 15.8. The second kappa shape index (κ2) is 8.50. The molecule has 0 unspecified atom stereocenters. The second-order valence-corrected chi connectivity index (χ2v) is 8.35. The number of hydrogen-bond acceptors (Lipinski definition) is 4. The molecule has 0 radical (unpaired) electrons. The van der Waals surface area contributed by atoms with Crippen LogP contribution in [0, 0.1) is 0 Å². The average Bonchev–Trinajstić information content (AvgIpc) is 2.98. The highest BCUT2D eigenvalue weighted by Crippen LogP contribution is 2.26. The molecular formula is C23H30N4O3. The lowest BCUT2D eigenvalue weighted by Gasteiger charge is -2.31. The fourth-order valence-corrected chi connectivity index (χ4v) is 4.43. The van der Waals surface area contributed by atoms with E-state index in [1.54, 1.807) is 7.05 Å². The summed E-state index contributed by atoms with van der Waals surface area (Å²) in [5.41, 5.74) is 2.33. The number of nitrogens with zero attached hydrogens (tertiary/aromatic N) is 4. The van der Waals surface area contributed by atoms with Gasteiger partial charge in [0.2, 0.25) is 11.5 Å². The first-order chi connectivity index (χ1) is 14.5. The van der Waals surface area contributed by atoms with Gasteiger partial charge in [-0.2, -0.15) is 0 Å². The zero-order chi connectivity index (χ0) is 21.3. The Hall–Kier alpha value is -2.83. The number of amides is 1. The second-order valence-electron chi connectivity index (χ2n) is 8.35. The summed E-state index contributed by atoms with van der Waals surface area (Å²) < 4.78 is 9.24. The molecule has 1 aliphatic carbocycles. The van der Waals surface area contributed by atoms with Crippen LogP contribution in [0.4, 0.5) is 5.69 Å². The quantitative estimate of drug-likeness (QED) is 0.583. The Morgan fingerprint density at radius 1 is 1.30 bits per heavy atom. The largest absolute Gasteiger partial charge is 0.494 e. The lowest BCUT2D eigenvalue weighted by atomic mass is 9.94. The zero-order valence-corrected chi connectivity index (χ0v) is 17.9. The van der Waals surface area contributed by atoms with Gasteiger partial charge in [-0.3, -0.25) is 14.2 Å². The van der Waals surface area contributed by atoms with Gasteiger partial charge in [0.15, 0.2) is 0 Å². The van der Waals surface area contributed by atoms with Crippen molar-refractivity contribution in [2.24, 2.45) is 12.0 Å². The van der Waals surface area contributed by atoms with Gasteiger partial charge >= 0.3 is 0 Å². The summed E-state index contributed by atoms with van der Waals surface area (Å²) in [6, 6.07) is 6.17. The van der Waals surface area contributed by atoms with Crippen LogP contribution in [0.15, 0.2) is 28.0 Å². The molecule has 2 heterocycles.